The van der Waals surface area contributed by atoms with Crippen molar-refractivity contribution in [1.82, 2.24) is 10.6 Å². The number of amides is 3. The summed E-state index contributed by atoms with van der Waals surface area (Å²) in [5.74, 6) is -0.846. The first-order valence-corrected chi connectivity index (χ1v) is 7.91. The molecule has 1 atom stereocenters. The maximum Gasteiger partial charge on any atom is 0.315 e. The third-order valence-electron chi connectivity index (χ3n) is 3.43. The van der Waals surface area contributed by atoms with Crippen molar-refractivity contribution in [2.45, 2.75) is 26.4 Å². The van der Waals surface area contributed by atoms with Gasteiger partial charge in [-0.25, -0.2) is 4.79 Å². The van der Waals surface area contributed by atoms with Gasteiger partial charge in [0, 0.05) is 11.4 Å². The van der Waals surface area contributed by atoms with E-state index in [1.54, 1.807) is 6.92 Å². The largest absolute Gasteiger partial charge is 0.506 e. The van der Waals surface area contributed by atoms with Gasteiger partial charge in [-0.2, -0.15) is 0 Å². The third kappa shape index (κ3) is 4.23. The molecule has 5 N–H and O–H groups in total. The van der Waals surface area contributed by atoms with E-state index in [1.807, 2.05) is 31.2 Å². The average molecular weight is 333 g/mol. The molecule has 0 bridgehead atoms. The van der Waals surface area contributed by atoms with E-state index >= 15 is 0 Å². The number of hydrogen-bond acceptors (Lipinski definition) is 4. The molecular formula is C16H19N3O3S. The molecule has 0 spiro atoms. The smallest absolute Gasteiger partial charge is 0.315 e. The van der Waals surface area contributed by atoms with E-state index in [2.05, 4.69) is 10.6 Å². The van der Waals surface area contributed by atoms with Gasteiger partial charge in [-0.15, -0.1) is 11.3 Å². The molecule has 122 valence electrons. The van der Waals surface area contributed by atoms with Crippen LogP contribution in [0, 0.1) is 6.92 Å². The highest BCUT2D eigenvalue weighted by atomic mass is 32.1. The van der Waals surface area contributed by atoms with Crippen molar-refractivity contribution in [2.75, 3.05) is 0 Å². The highest BCUT2D eigenvalue weighted by Gasteiger charge is 2.18. The number of nitrogens with two attached hydrogens (primary N) is 1. The normalized spacial score (nSPS) is 11.7. The Morgan fingerprint density at radius 3 is 2.65 bits per heavy atom. The third-order valence-corrected chi connectivity index (χ3v) is 4.75. The van der Waals surface area contributed by atoms with Crippen molar-refractivity contribution in [3.63, 3.8) is 0 Å². The number of aryl methyl sites for hydroxylation is 1. The van der Waals surface area contributed by atoms with Crippen LogP contribution in [0.1, 0.15) is 38.6 Å². The monoisotopic (exact) mass is 333 g/mol. The van der Waals surface area contributed by atoms with E-state index in [0.717, 1.165) is 22.5 Å². The molecule has 0 radical (unpaired) electrons. The van der Waals surface area contributed by atoms with Gasteiger partial charge in [-0.3, -0.25) is 4.79 Å². The van der Waals surface area contributed by atoms with Crippen LogP contribution in [-0.4, -0.2) is 17.0 Å². The Morgan fingerprint density at radius 1 is 1.35 bits per heavy atom. The summed E-state index contributed by atoms with van der Waals surface area (Å²) in [7, 11) is 0. The lowest BCUT2D eigenvalue weighted by Crippen LogP contribution is -2.36. The van der Waals surface area contributed by atoms with E-state index in [0.29, 0.717) is 11.4 Å². The highest BCUT2D eigenvalue weighted by molar-refractivity contribution is 7.14. The zero-order valence-electron chi connectivity index (χ0n) is 12.9. The SMILES string of the molecule is Cc1ccccc1CNC(=O)NC(C)c1cc(O)c(C(N)=O)s1. The van der Waals surface area contributed by atoms with Crippen molar-refractivity contribution in [1.29, 1.82) is 0 Å². The Kier molecular flexibility index (Phi) is 5.23. The molecule has 1 unspecified atom stereocenters. The number of aromatic hydroxyl groups is 1. The maximum absolute atomic E-state index is 12.0. The van der Waals surface area contributed by atoms with Crippen LogP contribution in [0.3, 0.4) is 0 Å². The molecular weight excluding hydrogens is 314 g/mol. The van der Waals surface area contributed by atoms with Gasteiger partial charge in [0.2, 0.25) is 0 Å². The molecule has 6 nitrogen and oxygen atoms in total. The summed E-state index contributed by atoms with van der Waals surface area (Å²) in [4.78, 5) is 23.9. The number of thiophene rings is 1. The van der Waals surface area contributed by atoms with Crippen LogP contribution in [-0.2, 0) is 6.54 Å². The first-order valence-electron chi connectivity index (χ1n) is 7.10. The number of hydrogen-bond donors (Lipinski definition) is 4. The second kappa shape index (κ2) is 7.15. The van der Waals surface area contributed by atoms with Gasteiger partial charge in [0.25, 0.3) is 5.91 Å². The zero-order chi connectivity index (χ0) is 17.0. The fourth-order valence-electron chi connectivity index (χ4n) is 2.09. The van der Waals surface area contributed by atoms with Crippen molar-refractivity contribution in [2.24, 2.45) is 5.73 Å². The lowest BCUT2D eigenvalue weighted by molar-refractivity contribution is 0.100. The second-order valence-corrected chi connectivity index (χ2v) is 6.29. The first-order chi connectivity index (χ1) is 10.9. The van der Waals surface area contributed by atoms with E-state index in [9.17, 15) is 14.7 Å². The summed E-state index contributed by atoms with van der Waals surface area (Å²) in [5.41, 5.74) is 7.32. The lowest BCUT2D eigenvalue weighted by atomic mass is 10.1. The van der Waals surface area contributed by atoms with Crippen LogP contribution in [0.4, 0.5) is 4.79 Å². The topological polar surface area (TPSA) is 104 Å². The molecule has 7 heteroatoms. The molecule has 2 aromatic rings. The second-order valence-electron chi connectivity index (χ2n) is 5.20. The standard InChI is InChI=1S/C16H19N3O3S/c1-9-5-3-4-6-11(9)8-18-16(22)19-10(2)13-7-12(20)14(23-13)15(17)21/h3-7,10,20H,8H2,1-2H3,(H2,17,21)(H2,18,19,22). The number of rotatable bonds is 5. The molecule has 1 aromatic heterocycles. The minimum Gasteiger partial charge on any atom is -0.506 e. The van der Waals surface area contributed by atoms with Gasteiger partial charge in [-0.1, -0.05) is 24.3 Å². The maximum atomic E-state index is 12.0. The minimum atomic E-state index is -0.685. The molecule has 1 aromatic carbocycles. The number of benzene rings is 1. The van der Waals surface area contributed by atoms with Crippen LogP contribution in [0.15, 0.2) is 30.3 Å². The number of primary amides is 1. The van der Waals surface area contributed by atoms with Crippen LogP contribution in [0.25, 0.3) is 0 Å². The van der Waals surface area contributed by atoms with Gasteiger partial charge < -0.3 is 21.5 Å². The van der Waals surface area contributed by atoms with Crippen LogP contribution in [0.5, 0.6) is 5.75 Å². The van der Waals surface area contributed by atoms with E-state index in [1.165, 1.54) is 6.07 Å². The summed E-state index contributed by atoms with van der Waals surface area (Å²) in [6.07, 6.45) is 0. The molecule has 0 fully saturated rings. The van der Waals surface area contributed by atoms with Crippen molar-refractivity contribution < 1.29 is 14.7 Å². The van der Waals surface area contributed by atoms with Gasteiger partial charge >= 0.3 is 6.03 Å². The summed E-state index contributed by atoms with van der Waals surface area (Å²) < 4.78 is 0. The summed E-state index contributed by atoms with van der Waals surface area (Å²) in [6, 6.07) is 8.57. The molecule has 2 rings (SSSR count). The van der Waals surface area contributed by atoms with E-state index in [-0.39, 0.29) is 22.7 Å². The summed E-state index contributed by atoms with van der Waals surface area (Å²) >= 11 is 1.07. The van der Waals surface area contributed by atoms with E-state index < -0.39 is 5.91 Å². The van der Waals surface area contributed by atoms with Crippen molar-refractivity contribution in [3.8, 4) is 5.75 Å². The van der Waals surface area contributed by atoms with Crippen molar-refractivity contribution in [3.05, 3.63) is 51.2 Å². The Hall–Kier alpha value is -2.54. The number of nitrogens with one attached hydrogen (secondary N) is 2. The quantitative estimate of drug-likeness (QED) is 0.675. The van der Waals surface area contributed by atoms with Gasteiger partial charge in [0.1, 0.15) is 10.6 Å². The predicted octanol–water partition coefficient (Wildman–Crippen LogP) is 2.42. The fraction of sp³-hybridized carbons (Fsp3) is 0.250. The molecule has 0 saturated carbocycles. The lowest BCUT2D eigenvalue weighted by Gasteiger charge is -2.14. The molecule has 3 amide bonds. The van der Waals surface area contributed by atoms with Crippen LogP contribution in [0.2, 0.25) is 0 Å². The average Bonchev–Trinajstić information content (AvgIpc) is 2.89. The van der Waals surface area contributed by atoms with Gasteiger partial charge in [0.15, 0.2) is 0 Å². The Morgan fingerprint density at radius 2 is 2.04 bits per heavy atom. The first kappa shape index (κ1) is 16.8. The summed E-state index contributed by atoms with van der Waals surface area (Å²) in [5, 5.41) is 15.2. The Balaban J connectivity index is 1.93. The summed E-state index contributed by atoms with van der Waals surface area (Å²) in [6.45, 7) is 4.17. The molecule has 23 heavy (non-hydrogen) atoms. The van der Waals surface area contributed by atoms with Crippen LogP contribution < -0.4 is 16.4 Å². The van der Waals surface area contributed by atoms with Crippen molar-refractivity contribution >= 4 is 23.3 Å². The van der Waals surface area contributed by atoms with Gasteiger partial charge in [-0.05, 0) is 31.0 Å². The molecule has 1 heterocycles. The fourth-order valence-corrected chi connectivity index (χ4v) is 3.00. The molecule has 0 aliphatic heterocycles. The predicted molar refractivity (Wildman–Crippen MR) is 89.5 cm³/mol. The zero-order valence-corrected chi connectivity index (χ0v) is 13.7. The number of urea groups is 1. The number of carbonyl (C=O) groups is 2. The van der Waals surface area contributed by atoms with Crippen LogP contribution >= 0.6 is 11.3 Å². The highest BCUT2D eigenvalue weighted by Crippen LogP contribution is 2.31. The minimum absolute atomic E-state index is 0.0916. The molecule has 0 saturated heterocycles. The molecule has 0 aliphatic rings. The Bertz CT molecular complexity index is 727. The molecule has 0 aliphatic carbocycles. The van der Waals surface area contributed by atoms with E-state index in [4.69, 9.17) is 5.73 Å². The number of carbonyl (C=O) groups excluding carboxylic acids is 2. The Labute approximate surface area is 138 Å². The van der Waals surface area contributed by atoms with Gasteiger partial charge in [0.05, 0.1) is 6.04 Å².